The SMILES string of the molecule is Cc1ccc(-n2nc(-c3ccccc3Cl)cc2C(=O)N2C[C@@H](C)O[C@@H](C)C2)c(C)c1. The van der Waals surface area contributed by atoms with Crippen molar-refractivity contribution in [3.63, 3.8) is 0 Å². The van der Waals surface area contributed by atoms with Gasteiger partial charge in [0.1, 0.15) is 5.69 Å². The van der Waals surface area contributed by atoms with Crippen LogP contribution in [-0.2, 0) is 4.74 Å². The number of aromatic nitrogens is 2. The van der Waals surface area contributed by atoms with E-state index < -0.39 is 0 Å². The standard InChI is InChI=1S/C24H26ClN3O2/c1-15-9-10-22(16(2)11-15)28-23(24(29)27-13-17(3)30-18(4)14-27)12-21(26-28)19-7-5-6-8-20(19)25/h5-12,17-18H,13-14H2,1-4H3/t17-,18+. The first-order valence-electron chi connectivity index (χ1n) is 10.2. The third-order valence-corrected chi connectivity index (χ3v) is 5.70. The maximum absolute atomic E-state index is 13.6. The highest BCUT2D eigenvalue weighted by Crippen LogP contribution is 2.30. The molecular weight excluding hydrogens is 398 g/mol. The number of amides is 1. The Morgan fingerprint density at radius 3 is 2.43 bits per heavy atom. The molecule has 1 aliphatic heterocycles. The van der Waals surface area contributed by atoms with E-state index in [1.54, 1.807) is 4.68 Å². The normalized spacial score (nSPS) is 19.2. The van der Waals surface area contributed by atoms with Gasteiger partial charge >= 0.3 is 0 Å². The average molecular weight is 424 g/mol. The van der Waals surface area contributed by atoms with E-state index in [0.717, 1.165) is 16.8 Å². The minimum absolute atomic E-state index is 0.00165. The lowest BCUT2D eigenvalue weighted by Crippen LogP contribution is -2.48. The van der Waals surface area contributed by atoms with Gasteiger partial charge in [0.25, 0.3) is 5.91 Å². The Kier molecular flexibility index (Phi) is 5.67. The van der Waals surface area contributed by atoms with Crippen molar-refractivity contribution in [3.05, 3.63) is 70.4 Å². The van der Waals surface area contributed by atoms with Crippen molar-refractivity contribution in [2.24, 2.45) is 0 Å². The van der Waals surface area contributed by atoms with E-state index in [9.17, 15) is 4.79 Å². The Labute approximate surface area is 182 Å². The molecule has 0 aliphatic carbocycles. The number of hydrogen-bond acceptors (Lipinski definition) is 3. The molecule has 0 saturated carbocycles. The molecule has 156 valence electrons. The molecule has 1 saturated heterocycles. The second-order valence-electron chi connectivity index (χ2n) is 8.06. The molecule has 1 aliphatic rings. The van der Waals surface area contributed by atoms with Crippen LogP contribution in [0.3, 0.4) is 0 Å². The number of nitrogens with zero attached hydrogens (tertiary/aromatic N) is 3. The Bertz CT molecular complexity index is 1080. The molecule has 0 spiro atoms. The number of rotatable bonds is 3. The van der Waals surface area contributed by atoms with Crippen molar-refractivity contribution >= 4 is 17.5 Å². The van der Waals surface area contributed by atoms with E-state index in [1.807, 2.05) is 68.1 Å². The van der Waals surface area contributed by atoms with Gasteiger partial charge in [0.2, 0.25) is 0 Å². The zero-order chi connectivity index (χ0) is 21.4. The lowest BCUT2D eigenvalue weighted by atomic mass is 10.1. The number of hydrogen-bond donors (Lipinski definition) is 0. The molecule has 0 N–H and O–H groups in total. The summed E-state index contributed by atoms with van der Waals surface area (Å²) in [7, 11) is 0. The summed E-state index contributed by atoms with van der Waals surface area (Å²) in [5.74, 6) is -0.0530. The first-order valence-corrected chi connectivity index (χ1v) is 10.6. The Morgan fingerprint density at radius 2 is 1.77 bits per heavy atom. The van der Waals surface area contributed by atoms with Crippen molar-refractivity contribution in [1.29, 1.82) is 0 Å². The predicted molar refractivity (Wildman–Crippen MR) is 119 cm³/mol. The maximum atomic E-state index is 13.6. The average Bonchev–Trinajstić information content (AvgIpc) is 3.11. The summed E-state index contributed by atoms with van der Waals surface area (Å²) in [5, 5.41) is 5.42. The van der Waals surface area contributed by atoms with Gasteiger partial charge in [-0.15, -0.1) is 0 Å². The molecular formula is C24H26ClN3O2. The lowest BCUT2D eigenvalue weighted by Gasteiger charge is -2.35. The van der Waals surface area contributed by atoms with Gasteiger partial charge in [0, 0.05) is 18.7 Å². The predicted octanol–water partition coefficient (Wildman–Crippen LogP) is 5.06. The van der Waals surface area contributed by atoms with Crippen LogP contribution >= 0.6 is 11.6 Å². The first-order chi connectivity index (χ1) is 14.3. The molecule has 0 bridgehead atoms. The van der Waals surface area contributed by atoms with Crippen LogP contribution in [0.15, 0.2) is 48.5 Å². The number of carbonyl (C=O) groups excluding carboxylic acids is 1. The monoisotopic (exact) mass is 423 g/mol. The summed E-state index contributed by atoms with van der Waals surface area (Å²) in [6, 6.07) is 15.5. The molecule has 0 unspecified atom stereocenters. The van der Waals surface area contributed by atoms with E-state index in [1.165, 1.54) is 5.56 Å². The van der Waals surface area contributed by atoms with Gasteiger partial charge in [-0.1, -0.05) is 47.5 Å². The molecule has 5 nitrogen and oxygen atoms in total. The van der Waals surface area contributed by atoms with Gasteiger partial charge in [-0.3, -0.25) is 4.79 Å². The van der Waals surface area contributed by atoms with E-state index in [2.05, 4.69) is 13.0 Å². The van der Waals surface area contributed by atoms with E-state index in [4.69, 9.17) is 21.4 Å². The molecule has 30 heavy (non-hydrogen) atoms. The third-order valence-electron chi connectivity index (χ3n) is 5.37. The quantitative estimate of drug-likeness (QED) is 0.591. The molecule has 3 aromatic rings. The Morgan fingerprint density at radius 1 is 1.07 bits per heavy atom. The minimum atomic E-state index is -0.0530. The molecule has 2 heterocycles. The number of halogens is 1. The maximum Gasteiger partial charge on any atom is 0.272 e. The zero-order valence-electron chi connectivity index (χ0n) is 17.7. The summed E-state index contributed by atoms with van der Waals surface area (Å²) in [5.41, 5.74) is 5.12. The van der Waals surface area contributed by atoms with E-state index >= 15 is 0 Å². The van der Waals surface area contributed by atoms with Crippen LogP contribution in [0.2, 0.25) is 5.02 Å². The topological polar surface area (TPSA) is 47.4 Å². The molecule has 1 aromatic heterocycles. The van der Waals surface area contributed by atoms with Gasteiger partial charge in [0.05, 0.1) is 28.6 Å². The van der Waals surface area contributed by atoms with Crippen LogP contribution in [0.4, 0.5) is 0 Å². The summed E-state index contributed by atoms with van der Waals surface area (Å²) in [6.07, 6.45) is -0.00330. The number of carbonyl (C=O) groups is 1. The molecule has 2 atom stereocenters. The van der Waals surface area contributed by atoms with Crippen LogP contribution in [0.1, 0.15) is 35.5 Å². The highest BCUT2D eigenvalue weighted by atomic mass is 35.5. The summed E-state index contributed by atoms with van der Waals surface area (Å²) in [6.45, 7) is 9.19. The highest BCUT2D eigenvalue weighted by molar-refractivity contribution is 6.33. The molecule has 1 amide bonds. The van der Waals surface area contributed by atoms with Crippen LogP contribution < -0.4 is 0 Å². The lowest BCUT2D eigenvalue weighted by molar-refractivity contribution is -0.0588. The largest absolute Gasteiger partial charge is 0.372 e. The number of benzene rings is 2. The summed E-state index contributed by atoms with van der Waals surface area (Å²) >= 11 is 6.42. The second kappa shape index (κ2) is 8.25. The van der Waals surface area contributed by atoms with Crippen LogP contribution in [0.25, 0.3) is 16.9 Å². The van der Waals surface area contributed by atoms with E-state index in [-0.39, 0.29) is 18.1 Å². The summed E-state index contributed by atoms with van der Waals surface area (Å²) < 4.78 is 7.56. The molecule has 2 aromatic carbocycles. The van der Waals surface area contributed by atoms with Crippen LogP contribution in [0, 0.1) is 13.8 Å². The fraction of sp³-hybridized carbons (Fsp3) is 0.333. The molecule has 1 fully saturated rings. The van der Waals surface area contributed by atoms with Crippen molar-refractivity contribution in [3.8, 4) is 16.9 Å². The van der Waals surface area contributed by atoms with Crippen LogP contribution in [-0.4, -0.2) is 45.9 Å². The minimum Gasteiger partial charge on any atom is -0.372 e. The fourth-order valence-corrected chi connectivity index (χ4v) is 4.30. The fourth-order valence-electron chi connectivity index (χ4n) is 4.07. The Hall–Kier alpha value is -2.63. The molecule has 4 rings (SSSR count). The second-order valence-corrected chi connectivity index (χ2v) is 8.47. The van der Waals surface area contributed by atoms with Gasteiger partial charge in [-0.25, -0.2) is 4.68 Å². The Balaban J connectivity index is 1.83. The van der Waals surface area contributed by atoms with Crippen molar-refractivity contribution < 1.29 is 9.53 Å². The number of aryl methyl sites for hydroxylation is 2. The zero-order valence-corrected chi connectivity index (χ0v) is 18.5. The van der Waals surface area contributed by atoms with Crippen LogP contribution in [0.5, 0.6) is 0 Å². The molecule has 6 heteroatoms. The molecule has 0 radical (unpaired) electrons. The first kappa shape index (κ1) is 20.6. The third kappa shape index (κ3) is 4.00. The van der Waals surface area contributed by atoms with Gasteiger partial charge < -0.3 is 9.64 Å². The van der Waals surface area contributed by atoms with Gasteiger partial charge in [-0.2, -0.15) is 5.10 Å². The number of morpholine rings is 1. The van der Waals surface area contributed by atoms with Crippen molar-refractivity contribution in [2.75, 3.05) is 13.1 Å². The van der Waals surface area contributed by atoms with Crippen molar-refractivity contribution in [1.82, 2.24) is 14.7 Å². The highest BCUT2D eigenvalue weighted by Gasteiger charge is 2.30. The van der Waals surface area contributed by atoms with Gasteiger partial charge in [0.15, 0.2) is 0 Å². The van der Waals surface area contributed by atoms with Crippen molar-refractivity contribution in [2.45, 2.75) is 39.9 Å². The van der Waals surface area contributed by atoms with Gasteiger partial charge in [-0.05, 0) is 51.5 Å². The number of ether oxygens (including phenoxy) is 1. The summed E-state index contributed by atoms with van der Waals surface area (Å²) in [4.78, 5) is 15.4. The van der Waals surface area contributed by atoms with E-state index in [0.29, 0.717) is 29.5 Å². The smallest absolute Gasteiger partial charge is 0.272 e.